The molecule has 1 aromatic rings. The van der Waals surface area contributed by atoms with Gasteiger partial charge in [-0.3, -0.25) is 0 Å². The molecule has 0 bridgehead atoms. The van der Waals surface area contributed by atoms with Crippen LogP contribution in [0.5, 0.6) is 5.75 Å². The van der Waals surface area contributed by atoms with E-state index in [0.29, 0.717) is 6.54 Å². The number of halogens is 3. The SMILES string of the molecule is NC[C@@H]1CCC[C@@H]1Oc1cccc(C(F)(F)F)c1. The van der Waals surface area contributed by atoms with Gasteiger partial charge in [-0.05, 0) is 44.0 Å². The molecule has 0 saturated heterocycles. The monoisotopic (exact) mass is 259 g/mol. The maximum Gasteiger partial charge on any atom is 0.416 e. The maximum atomic E-state index is 12.5. The molecule has 2 nitrogen and oxygen atoms in total. The van der Waals surface area contributed by atoms with Crippen LogP contribution in [0, 0.1) is 5.92 Å². The summed E-state index contributed by atoms with van der Waals surface area (Å²) in [5, 5.41) is 0. The summed E-state index contributed by atoms with van der Waals surface area (Å²) in [7, 11) is 0. The van der Waals surface area contributed by atoms with Gasteiger partial charge >= 0.3 is 6.18 Å². The summed E-state index contributed by atoms with van der Waals surface area (Å²) in [6.45, 7) is 0.517. The lowest BCUT2D eigenvalue weighted by Crippen LogP contribution is -2.27. The Balaban J connectivity index is 2.10. The van der Waals surface area contributed by atoms with Crippen LogP contribution in [-0.2, 0) is 6.18 Å². The van der Waals surface area contributed by atoms with Crippen molar-refractivity contribution >= 4 is 0 Å². The van der Waals surface area contributed by atoms with Gasteiger partial charge in [0.1, 0.15) is 11.9 Å². The number of alkyl halides is 3. The highest BCUT2D eigenvalue weighted by Gasteiger charge is 2.32. The molecule has 100 valence electrons. The smallest absolute Gasteiger partial charge is 0.416 e. The van der Waals surface area contributed by atoms with Gasteiger partial charge in [0.25, 0.3) is 0 Å². The van der Waals surface area contributed by atoms with Gasteiger partial charge in [-0.25, -0.2) is 0 Å². The molecule has 2 N–H and O–H groups in total. The van der Waals surface area contributed by atoms with E-state index in [1.807, 2.05) is 0 Å². The lowest BCUT2D eigenvalue weighted by Gasteiger charge is -2.20. The van der Waals surface area contributed by atoms with Crippen molar-refractivity contribution in [1.82, 2.24) is 0 Å². The average molecular weight is 259 g/mol. The molecule has 1 aliphatic rings. The molecule has 5 heteroatoms. The van der Waals surface area contributed by atoms with Gasteiger partial charge in [-0.15, -0.1) is 0 Å². The van der Waals surface area contributed by atoms with Crippen LogP contribution in [0.15, 0.2) is 24.3 Å². The lowest BCUT2D eigenvalue weighted by atomic mass is 10.1. The standard InChI is InChI=1S/C13H16F3NO/c14-13(15,16)10-4-2-5-11(7-10)18-12-6-1-3-9(12)8-17/h2,4-5,7,9,12H,1,3,6,8,17H2/t9-,12-/m0/s1. The molecular weight excluding hydrogens is 243 g/mol. The number of hydrogen-bond acceptors (Lipinski definition) is 2. The van der Waals surface area contributed by atoms with E-state index in [2.05, 4.69) is 0 Å². The Labute approximate surface area is 104 Å². The van der Waals surface area contributed by atoms with Gasteiger partial charge in [0.2, 0.25) is 0 Å². The number of ether oxygens (including phenoxy) is 1. The van der Waals surface area contributed by atoms with Crippen LogP contribution in [0.4, 0.5) is 13.2 Å². The maximum absolute atomic E-state index is 12.5. The highest BCUT2D eigenvalue weighted by molar-refractivity contribution is 5.30. The minimum absolute atomic E-state index is 0.0570. The molecule has 1 fully saturated rings. The topological polar surface area (TPSA) is 35.2 Å². The molecule has 1 saturated carbocycles. The highest BCUT2D eigenvalue weighted by Crippen LogP contribution is 2.33. The molecule has 1 aromatic carbocycles. The van der Waals surface area contributed by atoms with E-state index in [-0.39, 0.29) is 17.8 Å². The van der Waals surface area contributed by atoms with Crippen molar-refractivity contribution in [2.75, 3.05) is 6.54 Å². The lowest BCUT2D eigenvalue weighted by molar-refractivity contribution is -0.137. The van der Waals surface area contributed by atoms with Crippen molar-refractivity contribution in [2.24, 2.45) is 11.7 Å². The molecule has 1 aliphatic carbocycles. The molecule has 2 rings (SSSR count). The number of benzene rings is 1. The fraction of sp³-hybridized carbons (Fsp3) is 0.538. The Morgan fingerprint density at radius 3 is 2.72 bits per heavy atom. The van der Waals surface area contributed by atoms with Crippen LogP contribution in [0.1, 0.15) is 24.8 Å². The van der Waals surface area contributed by atoms with Crippen molar-refractivity contribution in [2.45, 2.75) is 31.5 Å². The molecule has 0 amide bonds. The Morgan fingerprint density at radius 2 is 2.06 bits per heavy atom. The van der Waals surface area contributed by atoms with Crippen molar-refractivity contribution in [3.63, 3.8) is 0 Å². The molecule has 0 unspecified atom stereocenters. The molecule has 0 heterocycles. The summed E-state index contributed by atoms with van der Waals surface area (Å²) < 4.78 is 43.3. The fourth-order valence-electron chi connectivity index (χ4n) is 2.35. The Hall–Kier alpha value is -1.23. The third kappa shape index (κ3) is 2.96. The van der Waals surface area contributed by atoms with Crippen LogP contribution in [0.25, 0.3) is 0 Å². The fourth-order valence-corrected chi connectivity index (χ4v) is 2.35. The quantitative estimate of drug-likeness (QED) is 0.904. The molecule has 0 aromatic heterocycles. The Bertz CT molecular complexity index is 405. The third-order valence-electron chi connectivity index (χ3n) is 3.34. The zero-order chi connectivity index (χ0) is 13.2. The van der Waals surface area contributed by atoms with Crippen molar-refractivity contribution in [3.05, 3.63) is 29.8 Å². The highest BCUT2D eigenvalue weighted by atomic mass is 19.4. The Morgan fingerprint density at radius 1 is 1.28 bits per heavy atom. The van der Waals surface area contributed by atoms with Gasteiger partial charge < -0.3 is 10.5 Å². The number of nitrogens with two attached hydrogens (primary N) is 1. The van der Waals surface area contributed by atoms with E-state index in [1.54, 1.807) is 6.07 Å². The first-order valence-electron chi connectivity index (χ1n) is 6.04. The van der Waals surface area contributed by atoms with Crippen LogP contribution in [0.3, 0.4) is 0 Å². The van der Waals surface area contributed by atoms with E-state index < -0.39 is 11.7 Å². The summed E-state index contributed by atoms with van der Waals surface area (Å²) in [4.78, 5) is 0. The Kier molecular flexibility index (Phi) is 3.80. The molecule has 0 spiro atoms. The minimum Gasteiger partial charge on any atom is -0.490 e. The second kappa shape index (κ2) is 5.18. The van der Waals surface area contributed by atoms with Gasteiger partial charge in [0, 0.05) is 5.92 Å². The summed E-state index contributed by atoms with van der Waals surface area (Å²) in [6, 6.07) is 5.01. The second-order valence-corrected chi connectivity index (χ2v) is 4.61. The van der Waals surface area contributed by atoms with Crippen molar-refractivity contribution < 1.29 is 17.9 Å². The largest absolute Gasteiger partial charge is 0.490 e. The van der Waals surface area contributed by atoms with Crippen molar-refractivity contribution in [1.29, 1.82) is 0 Å². The van der Waals surface area contributed by atoms with E-state index in [9.17, 15) is 13.2 Å². The van der Waals surface area contributed by atoms with Crippen LogP contribution >= 0.6 is 0 Å². The van der Waals surface area contributed by atoms with Crippen LogP contribution < -0.4 is 10.5 Å². The zero-order valence-electron chi connectivity index (χ0n) is 9.91. The van der Waals surface area contributed by atoms with Crippen LogP contribution in [0.2, 0.25) is 0 Å². The predicted octanol–water partition coefficient (Wildman–Crippen LogP) is 3.21. The third-order valence-corrected chi connectivity index (χ3v) is 3.34. The van der Waals surface area contributed by atoms with Gasteiger partial charge in [0.05, 0.1) is 5.56 Å². The van der Waals surface area contributed by atoms with Gasteiger partial charge in [-0.1, -0.05) is 6.07 Å². The van der Waals surface area contributed by atoms with E-state index in [0.717, 1.165) is 31.4 Å². The second-order valence-electron chi connectivity index (χ2n) is 4.61. The van der Waals surface area contributed by atoms with Gasteiger partial charge in [-0.2, -0.15) is 13.2 Å². The summed E-state index contributed by atoms with van der Waals surface area (Å²) >= 11 is 0. The summed E-state index contributed by atoms with van der Waals surface area (Å²) in [5.41, 5.74) is 4.94. The first-order chi connectivity index (χ1) is 8.50. The summed E-state index contributed by atoms with van der Waals surface area (Å²) in [5.74, 6) is 0.523. The summed E-state index contributed by atoms with van der Waals surface area (Å²) in [6.07, 6.45) is -1.52. The molecule has 0 aliphatic heterocycles. The van der Waals surface area contributed by atoms with Crippen LogP contribution in [-0.4, -0.2) is 12.6 Å². The predicted molar refractivity (Wildman–Crippen MR) is 62.3 cm³/mol. The number of hydrogen-bond donors (Lipinski definition) is 1. The van der Waals surface area contributed by atoms with E-state index >= 15 is 0 Å². The van der Waals surface area contributed by atoms with E-state index in [4.69, 9.17) is 10.5 Å². The molecule has 2 atom stereocenters. The zero-order valence-corrected chi connectivity index (χ0v) is 9.91. The van der Waals surface area contributed by atoms with Crippen molar-refractivity contribution in [3.8, 4) is 5.75 Å². The average Bonchev–Trinajstić information content (AvgIpc) is 2.75. The molecule has 18 heavy (non-hydrogen) atoms. The first-order valence-corrected chi connectivity index (χ1v) is 6.04. The minimum atomic E-state index is -4.33. The molecule has 0 radical (unpaired) electrons. The molecular formula is C13H16F3NO. The normalized spacial score (nSPS) is 24.2. The van der Waals surface area contributed by atoms with E-state index in [1.165, 1.54) is 6.07 Å². The number of rotatable bonds is 3. The first kappa shape index (κ1) is 13.2. The van der Waals surface area contributed by atoms with Gasteiger partial charge in [0.15, 0.2) is 0 Å².